The minimum Gasteiger partial charge on any atom is -0.334 e. The topological polar surface area (TPSA) is 29.5 Å². The van der Waals surface area contributed by atoms with Crippen molar-refractivity contribution in [1.82, 2.24) is 0 Å². The SMILES string of the molecule is CC(C)(OC(C)(F)C(F)(F)F)C(O)(F)F. The van der Waals surface area contributed by atoms with Crippen molar-refractivity contribution in [3.05, 3.63) is 0 Å². The zero-order chi connectivity index (χ0) is 12.7. The van der Waals surface area contributed by atoms with Crippen molar-refractivity contribution in [2.45, 2.75) is 44.5 Å². The maximum absolute atomic E-state index is 12.8. The molecule has 0 aromatic heterocycles. The van der Waals surface area contributed by atoms with Gasteiger partial charge in [0.2, 0.25) is 0 Å². The lowest BCUT2D eigenvalue weighted by molar-refractivity contribution is -0.402. The quantitative estimate of drug-likeness (QED) is 0.768. The van der Waals surface area contributed by atoms with Crippen LogP contribution in [0, 0.1) is 0 Å². The van der Waals surface area contributed by atoms with Gasteiger partial charge in [-0.25, -0.2) is 4.39 Å². The van der Waals surface area contributed by atoms with Crippen LogP contribution in [-0.2, 0) is 4.74 Å². The van der Waals surface area contributed by atoms with Gasteiger partial charge in [-0.05, 0) is 13.8 Å². The Balaban J connectivity index is 4.89. The highest BCUT2D eigenvalue weighted by atomic mass is 19.4. The van der Waals surface area contributed by atoms with E-state index in [1.54, 1.807) is 0 Å². The first kappa shape index (κ1) is 14.5. The van der Waals surface area contributed by atoms with Crippen molar-refractivity contribution in [2.24, 2.45) is 0 Å². The van der Waals surface area contributed by atoms with Crippen molar-refractivity contribution in [3.8, 4) is 0 Å². The van der Waals surface area contributed by atoms with Crippen molar-refractivity contribution in [3.63, 3.8) is 0 Å². The van der Waals surface area contributed by atoms with Gasteiger partial charge < -0.3 is 9.84 Å². The Kier molecular flexibility index (Phi) is 3.40. The Bertz CT molecular complexity index is 203. The molecular formula is C7H10F6O2. The molecule has 0 aromatic rings. The molecule has 0 saturated carbocycles. The highest BCUT2D eigenvalue weighted by Crippen LogP contribution is 2.41. The summed E-state index contributed by atoms with van der Waals surface area (Å²) in [5.74, 6) is -4.26. The van der Waals surface area contributed by atoms with Gasteiger partial charge >= 0.3 is 18.1 Å². The smallest absolute Gasteiger partial charge is 0.334 e. The van der Waals surface area contributed by atoms with Crippen LogP contribution in [0.15, 0.2) is 0 Å². The van der Waals surface area contributed by atoms with Gasteiger partial charge in [-0.3, -0.25) is 0 Å². The lowest BCUT2D eigenvalue weighted by Gasteiger charge is -2.36. The summed E-state index contributed by atoms with van der Waals surface area (Å²) in [6.45, 7) is 0.827. The lowest BCUT2D eigenvalue weighted by Crippen LogP contribution is -2.54. The molecule has 0 fully saturated rings. The molecule has 92 valence electrons. The number of ether oxygens (including phenoxy) is 1. The third-order valence-corrected chi connectivity index (χ3v) is 1.68. The second kappa shape index (κ2) is 3.51. The Morgan fingerprint density at radius 1 is 0.867 bits per heavy atom. The van der Waals surface area contributed by atoms with Gasteiger partial charge in [-0.1, -0.05) is 0 Å². The normalized spacial score (nSPS) is 18.8. The molecule has 1 N–H and O–H groups in total. The summed E-state index contributed by atoms with van der Waals surface area (Å²) in [6.07, 6.45) is -10.1. The summed E-state index contributed by atoms with van der Waals surface area (Å²) in [5.41, 5.74) is -2.99. The lowest BCUT2D eigenvalue weighted by atomic mass is 10.1. The molecule has 2 nitrogen and oxygen atoms in total. The molecule has 1 unspecified atom stereocenters. The van der Waals surface area contributed by atoms with Gasteiger partial charge in [-0.15, -0.1) is 0 Å². The van der Waals surface area contributed by atoms with E-state index in [1.165, 1.54) is 0 Å². The van der Waals surface area contributed by atoms with Gasteiger partial charge in [-0.2, -0.15) is 22.0 Å². The van der Waals surface area contributed by atoms with E-state index < -0.39 is 23.7 Å². The van der Waals surface area contributed by atoms with Crippen LogP contribution in [-0.4, -0.2) is 28.8 Å². The van der Waals surface area contributed by atoms with Crippen molar-refractivity contribution in [1.29, 1.82) is 0 Å². The molecule has 0 heterocycles. The first-order chi connectivity index (χ1) is 6.21. The molecule has 1 atom stereocenters. The van der Waals surface area contributed by atoms with Crippen LogP contribution in [0.1, 0.15) is 20.8 Å². The second-order valence-corrected chi connectivity index (χ2v) is 3.57. The van der Waals surface area contributed by atoms with E-state index in [-0.39, 0.29) is 6.92 Å². The molecule has 0 aliphatic heterocycles. The first-order valence-electron chi connectivity index (χ1n) is 3.77. The molecule has 0 aliphatic rings. The third-order valence-electron chi connectivity index (χ3n) is 1.68. The molecule has 15 heavy (non-hydrogen) atoms. The predicted octanol–water partition coefficient (Wildman–Crippen LogP) is 2.61. The molecule has 0 saturated heterocycles. The Labute approximate surface area is 81.8 Å². The number of hydrogen-bond acceptors (Lipinski definition) is 2. The van der Waals surface area contributed by atoms with E-state index in [4.69, 9.17) is 5.11 Å². The highest BCUT2D eigenvalue weighted by Gasteiger charge is 2.60. The van der Waals surface area contributed by atoms with Crippen LogP contribution in [0.5, 0.6) is 0 Å². The van der Waals surface area contributed by atoms with E-state index in [9.17, 15) is 26.3 Å². The van der Waals surface area contributed by atoms with Gasteiger partial charge in [0.15, 0.2) is 5.60 Å². The molecule has 0 aromatic carbocycles. The van der Waals surface area contributed by atoms with Crippen LogP contribution in [0.25, 0.3) is 0 Å². The first-order valence-corrected chi connectivity index (χ1v) is 3.77. The van der Waals surface area contributed by atoms with Gasteiger partial charge in [0.25, 0.3) is 0 Å². The number of rotatable bonds is 3. The van der Waals surface area contributed by atoms with Gasteiger partial charge in [0.1, 0.15) is 0 Å². The van der Waals surface area contributed by atoms with Crippen LogP contribution in [0.3, 0.4) is 0 Å². The second-order valence-electron chi connectivity index (χ2n) is 3.57. The summed E-state index contributed by atoms with van der Waals surface area (Å²) in [6, 6.07) is 0. The third kappa shape index (κ3) is 3.23. The van der Waals surface area contributed by atoms with E-state index >= 15 is 0 Å². The molecular weight excluding hydrogens is 230 g/mol. The van der Waals surface area contributed by atoms with Crippen LogP contribution < -0.4 is 0 Å². The van der Waals surface area contributed by atoms with Crippen molar-refractivity contribution in [2.75, 3.05) is 0 Å². The number of aliphatic hydroxyl groups is 1. The molecule has 0 bridgehead atoms. The Morgan fingerprint density at radius 3 is 1.40 bits per heavy atom. The van der Waals surface area contributed by atoms with Crippen LogP contribution >= 0.6 is 0 Å². The predicted molar refractivity (Wildman–Crippen MR) is 37.9 cm³/mol. The van der Waals surface area contributed by atoms with Crippen molar-refractivity contribution >= 4 is 0 Å². The maximum atomic E-state index is 12.8. The number of alkyl halides is 6. The summed E-state index contributed by atoms with van der Waals surface area (Å²) >= 11 is 0. The van der Waals surface area contributed by atoms with Crippen molar-refractivity contribution < 1.29 is 36.2 Å². The number of hydrogen-bond donors (Lipinski definition) is 1. The molecule has 0 aliphatic carbocycles. The maximum Gasteiger partial charge on any atom is 0.448 e. The highest BCUT2D eigenvalue weighted by molar-refractivity contribution is 4.83. The summed E-state index contributed by atoms with van der Waals surface area (Å²) in [5, 5.41) is 8.18. The van der Waals surface area contributed by atoms with Crippen LogP contribution in [0.4, 0.5) is 26.3 Å². The fourth-order valence-corrected chi connectivity index (χ4v) is 0.598. The molecule has 0 rings (SSSR count). The standard InChI is InChI=1S/C7H10F6O2/c1-4(2,7(12,13)14)15-5(3,8)6(9,10)11/h14H,1-3H3. The summed E-state index contributed by atoms with van der Waals surface area (Å²) < 4.78 is 76.8. The Morgan fingerprint density at radius 2 is 1.20 bits per heavy atom. The van der Waals surface area contributed by atoms with Gasteiger partial charge in [0.05, 0.1) is 0 Å². The minimum atomic E-state index is -5.46. The van der Waals surface area contributed by atoms with Gasteiger partial charge in [0, 0.05) is 6.92 Å². The monoisotopic (exact) mass is 240 g/mol. The van der Waals surface area contributed by atoms with E-state index in [0.29, 0.717) is 13.8 Å². The molecule has 8 heteroatoms. The number of halogens is 6. The van der Waals surface area contributed by atoms with Crippen LogP contribution in [0.2, 0.25) is 0 Å². The summed E-state index contributed by atoms with van der Waals surface area (Å²) in [7, 11) is 0. The minimum absolute atomic E-state index is 0.0551. The Hall–Kier alpha value is -0.500. The average Bonchev–Trinajstić information content (AvgIpc) is 1.77. The molecule has 0 amide bonds. The fraction of sp³-hybridized carbons (Fsp3) is 1.00. The summed E-state index contributed by atoms with van der Waals surface area (Å²) in [4.78, 5) is 0. The average molecular weight is 240 g/mol. The fourth-order valence-electron chi connectivity index (χ4n) is 0.598. The van der Waals surface area contributed by atoms with E-state index in [0.717, 1.165) is 0 Å². The van der Waals surface area contributed by atoms with E-state index in [1.807, 2.05) is 0 Å². The molecule has 0 radical (unpaired) electrons. The van der Waals surface area contributed by atoms with E-state index in [2.05, 4.69) is 4.74 Å². The molecule has 0 spiro atoms. The zero-order valence-corrected chi connectivity index (χ0v) is 8.12. The largest absolute Gasteiger partial charge is 0.448 e. The zero-order valence-electron chi connectivity index (χ0n) is 8.12.